The van der Waals surface area contributed by atoms with Crippen LogP contribution in [0.2, 0.25) is 5.02 Å². The highest BCUT2D eigenvalue weighted by molar-refractivity contribution is 7.17. The lowest BCUT2D eigenvalue weighted by Gasteiger charge is -2.28. The van der Waals surface area contributed by atoms with Crippen molar-refractivity contribution in [2.75, 3.05) is 10.2 Å². The fourth-order valence-electron chi connectivity index (χ4n) is 4.65. The standard InChI is InChI=1S/C34H35ClN2S/c1-33(2,3)23-14-18-25(19-15-23)36-28-11-9-12-29(32(28)35)37(26-20-16-24(17-21-26)34(4,5)6)30-22-38-31-13-8-7-10-27(30)31/h7-22,36H,1-6H3. The summed E-state index contributed by atoms with van der Waals surface area (Å²) in [5.41, 5.74) is 7.84. The second-order valence-corrected chi connectivity index (χ2v) is 13.1. The van der Waals surface area contributed by atoms with Crippen molar-refractivity contribution < 1.29 is 0 Å². The largest absolute Gasteiger partial charge is 0.354 e. The van der Waals surface area contributed by atoms with Gasteiger partial charge in [-0.1, -0.05) is 102 Å². The SMILES string of the molecule is CC(C)(C)c1ccc(Nc2cccc(N(c3ccc(C(C)(C)C)cc3)c3csc4ccccc34)c2Cl)cc1. The number of fused-ring (bicyclic) bond motifs is 1. The molecule has 5 aromatic rings. The molecule has 4 heteroatoms. The Morgan fingerprint density at radius 1 is 0.658 bits per heavy atom. The molecule has 1 aromatic heterocycles. The summed E-state index contributed by atoms with van der Waals surface area (Å²) in [5, 5.41) is 7.67. The van der Waals surface area contributed by atoms with Crippen molar-refractivity contribution in [2.45, 2.75) is 52.4 Å². The minimum Gasteiger partial charge on any atom is -0.354 e. The zero-order valence-corrected chi connectivity index (χ0v) is 24.5. The third-order valence-corrected chi connectivity index (χ3v) is 8.29. The summed E-state index contributed by atoms with van der Waals surface area (Å²) >= 11 is 8.93. The van der Waals surface area contributed by atoms with Crippen molar-refractivity contribution in [2.24, 2.45) is 0 Å². The fourth-order valence-corrected chi connectivity index (χ4v) is 5.84. The second kappa shape index (κ2) is 10.1. The Hall–Kier alpha value is -3.27. The molecule has 0 bridgehead atoms. The number of rotatable bonds is 5. The van der Waals surface area contributed by atoms with Gasteiger partial charge in [-0.2, -0.15) is 0 Å². The predicted molar refractivity (Wildman–Crippen MR) is 169 cm³/mol. The Labute approximate surface area is 235 Å². The number of hydrogen-bond donors (Lipinski definition) is 1. The van der Waals surface area contributed by atoms with Crippen LogP contribution in [-0.4, -0.2) is 0 Å². The molecular formula is C34H35ClN2S. The number of hydrogen-bond acceptors (Lipinski definition) is 3. The average Bonchev–Trinajstić information content (AvgIpc) is 3.30. The van der Waals surface area contributed by atoms with E-state index in [0.29, 0.717) is 5.02 Å². The van der Waals surface area contributed by atoms with Crippen LogP contribution >= 0.6 is 22.9 Å². The van der Waals surface area contributed by atoms with E-state index in [1.54, 1.807) is 11.3 Å². The molecule has 0 amide bonds. The Balaban J connectivity index is 1.59. The summed E-state index contributed by atoms with van der Waals surface area (Å²) in [6, 6.07) is 32.2. The molecule has 1 N–H and O–H groups in total. The summed E-state index contributed by atoms with van der Waals surface area (Å²) in [7, 11) is 0. The van der Waals surface area contributed by atoms with Gasteiger partial charge in [0.25, 0.3) is 0 Å². The number of benzene rings is 4. The first-order valence-corrected chi connectivity index (χ1v) is 14.3. The van der Waals surface area contributed by atoms with Crippen LogP contribution in [0, 0.1) is 0 Å². The van der Waals surface area contributed by atoms with Crippen molar-refractivity contribution in [1.29, 1.82) is 0 Å². The summed E-state index contributed by atoms with van der Waals surface area (Å²) in [6.45, 7) is 13.4. The molecule has 4 aromatic carbocycles. The zero-order valence-electron chi connectivity index (χ0n) is 23.0. The highest BCUT2D eigenvalue weighted by Gasteiger charge is 2.22. The third-order valence-electron chi connectivity index (χ3n) is 6.94. The Bertz CT molecular complexity index is 1550. The maximum absolute atomic E-state index is 7.18. The summed E-state index contributed by atoms with van der Waals surface area (Å²) in [4.78, 5) is 2.28. The minimum atomic E-state index is 0.0858. The maximum Gasteiger partial charge on any atom is 0.0881 e. The molecule has 0 aliphatic carbocycles. The lowest BCUT2D eigenvalue weighted by atomic mass is 9.87. The van der Waals surface area contributed by atoms with Gasteiger partial charge in [0.05, 0.1) is 22.1 Å². The van der Waals surface area contributed by atoms with Crippen LogP contribution in [0.1, 0.15) is 52.7 Å². The zero-order chi connectivity index (χ0) is 27.1. The Morgan fingerprint density at radius 2 is 1.26 bits per heavy atom. The van der Waals surface area contributed by atoms with Crippen molar-refractivity contribution in [3.8, 4) is 0 Å². The highest BCUT2D eigenvalue weighted by Crippen LogP contribution is 2.46. The van der Waals surface area contributed by atoms with Gasteiger partial charge < -0.3 is 10.2 Å². The van der Waals surface area contributed by atoms with Gasteiger partial charge in [-0.15, -0.1) is 11.3 Å². The molecule has 0 spiro atoms. The predicted octanol–water partition coefficient (Wildman–Crippen LogP) is 11.4. The first-order valence-electron chi connectivity index (χ1n) is 13.1. The molecule has 5 rings (SSSR count). The first kappa shape index (κ1) is 26.3. The molecule has 0 aliphatic rings. The number of thiophene rings is 1. The van der Waals surface area contributed by atoms with Gasteiger partial charge in [0, 0.05) is 26.8 Å². The van der Waals surface area contributed by atoms with Crippen molar-refractivity contribution >= 4 is 61.5 Å². The van der Waals surface area contributed by atoms with Gasteiger partial charge in [-0.05, 0) is 64.4 Å². The van der Waals surface area contributed by atoms with Crippen LogP contribution in [-0.2, 0) is 10.8 Å². The van der Waals surface area contributed by atoms with E-state index in [9.17, 15) is 0 Å². The van der Waals surface area contributed by atoms with Gasteiger partial charge in [0.2, 0.25) is 0 Å². The highest BCUT2D eigenvalue weighted by atomic mass is 35.5. The molecule has 194 valence electrons. The van der Waals surface area contributed by atoms with Crippen LogP contribution < -0.4 is 10.2 Å². The van der Waals surface area contributed by atoms with Gasteiger partial charge in [0.1, 0.15) is 0 Å². The van der Waals surface area contributed by atoms with Crippen LogP contribution in [0.3, 0.4) is 0 Å². The minimum absolute atomic E-state index is 0.0858. The van der Waals surface area contributed by atoms with Crippen molar-refractivity contribution in [3.63, 3.8) is 0 Å². The normalized spacial score (nSPS) is 12.1. The lowest BCUT2D eigenvalue weighted by molar-refractivity contribution is 0.590. The van der Waals surface area contributed by atoms with Crippen LogP contribution in [0.4, 0.5) is 28.4 Å². The molecular weight excluding hydrogens is 504 g/mol. The number of halogens is 1. The topological polar surface area (TPSA) is 15.3 Å². The van der Waals surface area contributed by atoms with E-state index in [4.69, 9.17) is 11.6 Å². The van der Waals surface area contributed by atoms with E-state index < -0.39 is 0 Å². The molecule has 0 radical (unpaired) electrons. The van der Waals surface area contributed by atoms with Crippen molar-refractivity contribution in [3.05, 3.63) is 113 Å². The molecule has 2 nitrogen and oxygen atoms in total. The van der Waals surface area contributed by atoms with Crippen LogP contribution in [0.25, 0.3) is 10.1 Å². The lowest BCUT2D eigenvalue weighted by Crippen LogP contribution is -2.13. The Kier molecular flexibility index (Phi) is 7.02. The maximum atomic E-state index is 7.18. The third kappa shape index (κ3) is 5.32. The average molecular weight is 539 g/mol. The first-order chi connectivity index (χ1) is 18.0. The van der Waals surface area contributed by atoms with Crippen LogP contribution in [0.5, 0.6) is 0 Å². The summed E-state index contributed by atoms with van der Waals surface area (Å²) < 4.78 is 1.25. The molecule has 38 heavy (non-hydrogen) atoms. The van der Waals surface area contributed by atoms with Gasteiger partial charge in [-0.3, -0.25) is 0 Å². The number of nitrogens with one attached hydrogen (secondary N) is 1. The molecule has 0 unspecified atom stereocenters. The monoisotopic (exact) mass is 538 g/mol. The van der Waals surface area contributed by atoms with E-state index in [1.807, 2.05) is 6.07 Å². The second-order valence-electron chi connectivity index (χ2n) is 11.8. The molecule has 1 heterocycles. The van der Waals surface area contributed by atoms with Gasteiger partial charge >= 0.3 is 0 Å². The molecule has 0 fully saturated rings. The van der Waals surface area contributed by atoms with E-state index in [-0.39, 0.29) is 10.8 Å². The van der Waals surface area contributed by atoms with E-state index >= 15 is 0 Å². The van der Waals surface area contributed by atoms with Crippen LogP contribution in [0.15, 0.2) is 96.4 Å². The molecule has 0 atom stereocenters. The fraction of sp³-hybridized carbons (Fsp3) is 0.235. The number of anilines is 5. The summed E-state index contributed by atoms with van der Waals surface area (Å²) in [5.74, 6) is 0. The molecule has 0 saturated carbocycles. The molecule has 0 aliphatic heterocycles. The summed E-state index contributed by atoms with van der Waals surface area (Å²) in [6.07, 6.45) is 0. The van der Waals surface area contributed by atoms with E-state index in [1.165, 1.54) is 21.2 Å². The van der Waals surface area contributed by atoms with E-state index in [2.05, 4.69) is 142 Å². The molecule has 0 saturated heterocycles. The van der Waals surface area contributed by atoms with Crippen molar-refractivity contribution in [1.82, 2.24) is 0 Å². The number of nitrogens with zero attached hydrogens (tertiary/aromatic N) is 1. The quantitative estimate of drug-likeness (QED) is 0.239. The van der Waals surface area contributed by atoms with E-state index in [0.717, 1.165) is 28.4 Å². The van der Waals surface area contributed by atoms with Gasteiger partial charge in [0.15, 0.2) is 0 Å². The van der Waals surface area contributed by atoms with Gasteiger partial charge in [-0.25, -0.2) is 0 Å². The Morgan fingerprint density at radius 3 is 1.89 bits per heavy atom. The smallest absolute Gasteiger partial charge is 0.0881 e.